The number of halogens is 1. The molecular formula is C20H15FN4O3S. The summed E-state index contributed by atoms with van der Waals surface area (Å²) in [4.78, 5) is 10.4. The average Bonchev–Trinajstić information content (AvgIpc) is 3.38. The molecule has 7 nitrogen and oxygen atoms in total. The van der Waals surface area contributed by atoms with Crippen LogP contribution in [0.1, 0.15) is 11.3 Å². The number of rotatable bonds is 7. The van der Waals surface area contributed by atoms with Crippen molar-refractivity contribution in [2.24, 2.45) is 0 Å². The van der Waals surface area contributed by atoms with Crippen LogP contribution in [0.4, 0.5) is 10.1 Å². The first-order valence-corrected chi connectivity index (χ1v) is 9.67. The Balaban J connectivity index is 1.62. The van der Waals surface area contributed by atoms with Crippen LogP contribution in [0, 0.1) is 15.9 Å². The maximum atomic E-state index is 14.3. The van der Waals surface area contributed by atoms with E-state index in [0.29, 0.717) is 34.6 Å². The van der Waals surface area contributed by atoms with Gasteiger partial charge in [-0.05, 0) is 29.8 Å². The molecule has 2 aromatic heterocycles. The molecule has 0 bridgehead atoms. The van der Waals surface area contributed by atoms with Crippen molar-refractivity contribution < 1.29 is 13.7 Å². The summed E-state index contributed by atoms with van der Waals surface area (Å²) in [5.74, 6) is 1.25. The van der Waals surface area contributed by atoms with Crippen LogP contribution in [0.15, 0.2) is 76.5 Å². The number of benzene rings is 2. The summed E-state index contributed by atoms with van der Waals surface area (Å²) in [7, 11) is 0. The third-order valence-electron chi connectivity index (χ3n) is 4.24. The third-order valence-corrected chi connectivity index (χ3v) is 5.28. The van der Waals surface area contributed by atoms with E-state index in [2.05, 4.69) is 10.2 Å². The molecule has 0 atom stereocenters. The molecule has 9 heteroatoms. The zero-order valence-electron chi connectivity index (χ0n) is 15.1. The molecule has 0 radical (unpaired) electrons. The molecule has 0 saturated heterocycles. The average molecular weight is 410 g/mol. The molecule has 0 unspecified atom stereocenters. The largest absolute Gasteiger partial charge is 0.467 e. The molecule has 0 saturated carbocycles. The number of furan rings is 1. The molecule has 29 heavy (non-hydrogen) atoms. The van der Waals surface area contributed by atoms with Crippen molar-refractivity contribution in [2.45, 2.75) is 17.5 Å². The van der Waals surface area contributed by atoms with Gasteiger partial charge in [0, 0.05) is 17.9 Å². The van der Waals surface area contributed by atoms with Gasteiger partial charge in [-0.2, -0.15) is 0 Å². The van der Waals surface area contributed by atoms with E-state index in [0.717, 1.165) is 5.56 Å². The van der Waals surface area contributed by atoms with Crippen LogP contribution in [0.3, 0.4) is 0 Å². The van der Waals surface area contributed by atoms with Crippen LogP contribution in [0.5, 0.6) is 0 Å². The van der Waals surface area contributed by atoms with E-state index in [9.17, 15) is 14.5 Å². The number of thioether (sulfide) groups is 1. The lowest BCUT2D eigenvalue weighted by Crippen LogP contribution is -2.04. The number of non-ortho nitro benzene ring substituents is 1. The fraction of sp³-hybridized carbons (Fsp3) is 0.100. The summed E-state index contributed by atoms with van der Waals surface area (Å²) in [5, 5.41) is 19.8. The summed E-state index contributed by atoms with van der Waals surface area (Å²) >= 11 is 1.41. The maximum absolute atomic E-state index is 14.3. The third kappa shape index (κ3) is 4.19. The zero-order chi connectivity index (χ0) is 20.2. The summed E-state index contributed by atoms with van der Waals surface area (Å²) in [5.41, 5.74) is 1.30. The van der Waals surface area contributed by atoms with Crippen LogP contribution in [0.25, 0.3) is 11.4 Å². The Hall–Kier alpha value is -3.46. The lowest BCUT2D eigenvalue weighted by atomic mass is 10.2. The highest BCUT2D eigenvalue weighted by Gasteiger charge is 2.18. The molecule has 0 aliphatic rings. The van der Waals surface area contributed by atoms with E-state index in [4.69, 9.17) is 4.42 Å². The van der Waals surface area contributed by atoms with Gasteiger partial charge in [-0.25, -0.2) is 4.39 Å². The maximum Gasteiger partial charge on any atom is 0.269 e. The smallest absolute Gasteiger partial charge is 0.269 e. The Kier molecular flexibility index (Phi) is 5.39. The van der Waals surface area contributed by atoms with E-state index in [-0.39, 0.29) is 11.5 Å². The van der Waals surface area contributed by atoms with Crippen LogP contribution in [0.2, 0.25) is 0 Å². The fourth-order valence-electron chi connectivity index (χ4n) is 2.80. The predicted octanol–water partition coefficient (Wildman–Crippen LogP) is 4.93. The van der Waals surface area contributed by atoms with Gasteiger partial charge in [0.1, 0.15) is 11.6 Å². The first-order chi connectivity index (χ1) is 14.1. The van der Waals surface area contributed by atoms with Crippen molar-refractivity contribution in [2.75, 3.05) is 0 Å². The standard InChI is InChI=1S/C20H15FN4O3S/c21-18-6-2-1-5-17(18)19-22-23-20(24(19)12-16-4-3-11-28-16)29-13-14-7-9-15(10-8-14)25(26)27/h1-11H,12-13H2. The summed E-state index contributed by atoms with van der Waals surface area (Å²) in [6.07, 6.45) is 1.58. The summed E-state index contributed by atoms with van der Waals surface area (Å²) in [6.45, 7) is 0.353. The Bertz CT molecular complexity index is 1130. The normalized spacial score (nSPS) is 10.9. The Morgan fingerprint density at radius 3 is 2.55 bits per heavy atom. The topological polar surface area (TPSA) is 87.0 Å². The van der Waals surface area contributed by atoms with Gasteiger partial charge < -0.3 is 4.42 Å². The van der Waals surface area contributed by atoms with Crippen molar-refractivity contribution in [3.63, 3.8) is 0 Å². The quantitative estimate of drug-likeness (QED) is 0.244. The van der Waals surface area contributed by atoms with Crippen molar-refractivity contribution >= 4 is 17.4 Å². The van der Waals surface area contributed by atoms with Crippen molar-refractivity contribution in [1.29, 1.82) is 0 Å². The fourth-order valence-corrected chi connectivity index (χ4v) is 3.69. The Labute approximate surface area is 169 Å². The molecule has 0 fully saturated rings. The van der Waals surface area contributed by atoms with Gasteiger partial charge in [0.05, 0.1) is 23.3 Å². The summed E-state index contributed by atoms with van der Waals surface area (Å²) < 4.78 is 21.6. The van der Waals surface area contributed by atoms with E-state index in [1.165, 1.54) is 30.0 Å². The lowest BCUT2D eigenvalue weighted by molar-refractivity contribution is -0.384. The minimum absolute atomic E-state index is 0.0431. The molecule has 2 heterocycles. The molecule has 146 valence electrons. The number of nitro groups is 1. The number of hydrogen-bond acceptors (Lipinski definition) is 6. The second-order valence-electron chi connectivity index (χ2n) is 6.16. The van der Waals surface area contributed by atoms with Crippen molar-refractivity contribution in [3.8, 4) is 11.4 Å². The van der Waals surface area contributed by atoms with Crippen LogP contribution in [-0.4, -0.2) is 19.7 Å². The van der Waals surface area contributed by atoms with Crippen molar-refractivity contribution in [3.05, 3.63) is 94.2 Å². The second-order valence-corrected chi connectivity index (χ2v) is 7.11. The van der Waals surface area contributed by atoms with Gasteiger partial charge in [-0.1, -0.05) is 36.0 Å². The molecular weight excluding hydrogens is 395 g/mol. The van der Waals surface area contributed by atoms with Crippen LogP contribution < -0.4 is 0 Å². The number of hydrogen-bond donors (Lipinski definition) is 0. The van der Waals surface area contributed by atoms with Gasteiger partial charge in [0.2, 0.25) is 0 Å². The molecule has 0 amide bonds. The van der Waals surface area contributed by atoms with Gasteiger partial charge in [-0.15, -0.1) is 10.2 Å². The van der Waals surface area contributed by atoms with E-state index in [1.54, 1.807) is 47.2 Å². The monoisotopic (exact) mass is 410 g/mol. The molecule has 4 rings (SSSR count). The minimum atomic E-state index is -0.433. The van der Waals surface area contributed by atoms with Crippen LogP contribution in [-0.2, 0) is 12.3 Å². The van der Waals surface area contributed by atoms with Crippen molar-refractivity contribution in [1.82, 2.24) is 14.8 Å². The van der Waals surface area contributed by atoms with E-state index >= 15 is 0 Å². The first-order valence-electron chi connectivity index (χ1n) is 8.68. The highest BCUT2D eigenvalue weighted by molar-refractivity contribution is 7.98. The number of aromatic nitrogens is 3. The van der Waals surface area contributed by atoms with E-state index in [1.807, 2.05) is 6.07 Å². The van der Waals surface area contributed by atoms with Gasteiger partial charge in [0.15, 0.2) is 11.0 Å². The lowest BCUT2D eigenvalue weighted by Gasteiger charge is -2.09. The van der Waals surface area contributed by atoms with Gasteiger partial charge in [0.25, 0.3) is 5.69 Å². The van der Waals surface area contributed by atoms with E-state index < -0.39 is 4.92 Å². The molecule has 2 aromatic carbocycles. The number of nitrogens with zero attached hydrogens (tertiary/aromatic N) is 4. The highest BCUT2D eigenvalue weighted by Crippen LogP contribution is 2.29. The SMILES string of the molecule is O=[N+]([O-])c1ccc(CSc2nnc(-c3ccccc3F)n2Cc2ccco2)cc1. The molecule has 0 spiro atoms. The van der Waals surface area contributed by atoms with Crippen LogP contribution >= 0.6 is 11.8 Å². The molecule has 0 aliphatic heterocycles. The number of nitro benzene ring substituents is 1. The summed E-state index contributed by atoms with van der Waals surface area (Å²) in [6, 6.07) is 16.4. The second kappa shape index (κ2) is 8.27. The molecule has 0 N–H and O–H groups in total. The van der Waals surface area contributed by atoms with Gasteiger partial charge >= 0.3 is 0 Å². The zero-order valence-corrected chi connectivity index (χ0v) is 15.9. The Morgan fingerprint density at radius 1 is 1.07 bits per heavy atom. The Morgan fingerprint density at radius 2 is 1.86 bits per heavy atom. The van der Waals surface area contributed by atoms with Gasteiger partial charge in [-0.3, -0.25) is 14.7 Å². The highest BCUT2D eigenvalue weighted by atomic mass is 32.2. The minimum Gasteiger partial charge on any atom is -0.467 e. The first kappa shape index (κ1) is 18.9. The molecule has 4 aromatic rings. The molecule has 0 aliphatic carbocycles. The predicted molar refractivity (Wildman–Crippen MR) is 106 cm³/mol.